The summed E-state index contributed by atoms with van der Waals surface area (Å²) in [5, 5.41) is 21.4. The average molecular weight is 492 g/mol. The first kappa shape index (κ1) is 23.7. The van der Waals surface area contributed by atoms with Crippen LogP contribution in [0.3, 0.4) is 0 Å². The minimum atomic E-state index is -4.39. The molecule has 3 rings (SSSR count). The number of aromatic amines is 1. The number of nitrogens with one attached hydrogen (secondary N) is 1. The van der Waals surface area contributed by atoms with Gasteiger partial charge in [-0.15, -0.1) is 0 Å². The normalized spacial score (nSPS) is 11.5. The van der Waals surface area contributed by atoms with Crippen molar-refractivity contribution in [2.24, 2.45) is 5.10 Å². The summed E-state index contributed by atoms with van der Waals surface area (Å²) >= 11 is 5.00. The number of aryl methyl sites for hydroxylation is 2. The summed E-state index contributed by atoms with van der Waals surface area (Å²) in [5.74, 6) is -0.0976. The number of hydrogen-bond donors (Lipinski definition) is 1. The maximum Gasteiger partial charge on any atom is 0.339 e. The standard InChI is InChI=1S/C19H17N5O7S2/c1-11-4-6-14(9-15(11)24(26)27)33(28,29)31-16-7-5-13(8-17(16)30-3)10-20-23-18(25)12(2)21-22-19(23)32/h4-10H,1-3H3,(H,22,32)/b20-10+. The van der Waals surface area contributed by atoms with Gasteiger partial charge in [0.25, 0.3) is 11.2 Å². The second kappa shape index (κ2) is 9.30. The minimum absolute atomic E-state index is 0.00736. The highest BCUT2D eigenvalue weighted by Gasteiger charge is 2.23. The molecule has 33 heavy (non-hydrogen) atoms. The van der Waals surface area contributed by atoms with Crippen LogP contribution in [0.15, 0.2) is 51.2 Å². The van der Waals surface area contributed by atoms with E-state index in [1.807, 2.05) is 0 Å². The van der Waals surface area contributed by atoms with Crippen LogP contribution in [0.5, 0.6) is 11.5 Å². The number of H-pyrrole nitrogens is 1. The van der Waals surface area contributed by atoms with Gasteiger partial charge in [-0.05, 0) is 55.9 Å². The van der Waals surface area contributed by atoms with Crippen molar-refractivity contribution in [1.82, 2.24) is 14.9 Å². The lowest BCUT2D eigenvalue weighted by molar-refractivity contribution is -0.385. The minimum Gasteiger partial charge on any atom is -0.493 e. The summed E-state index contributed by atoms with van der Waals surface area (Å²) in [6.07, 6.45) is 1.31. The van der Waals surface area contributed by atoms with E-state index >= 15 is 0 Å². The number of nitrogens with zero attached hydrogens (tertiary/aromatic N) is 4. The number of hydrogen-bond acceptors (Lipinski definition) is 10. The Morgan fingerprint density at radius 1 is 1.21 bits per heavy atom. The number of ether oxygens (including phenoxy) is 1. The Balaban J connectivity index is 1.93. The van der Waals surface area contributed by atoms with Gasteiger partial charge in [0.2, 0.25) is 4.77 Å². The Labute approximate surface area is 192 Å². The molecule has 0 unspecified atom stereocenters. The molecule has 0 radical (unpaired) electrons. The molecule has 0 aliphatic carbocycles. The van der Waals surface area contributed by atoms with Crippen molar-refractivity contribution >= 4 is 34.2 Å². The van der Waals surface area contributed by atoms with E-state index in [9.17, 15) is 23.3 Å². The predicted octanol–water partition coefficient (Wildman–Crippen LogP) is 2.48. The van der Waals surface area contributed by atoms with Crippen LogP contribution in [0.1, 0.15) is 16.8 Å². The van der Waals surface area contributed by atoms with Gasteiger partial charge < -0.3 is 8.92 Å². The molecule has 1 heterocycles. The van der Waals surface area contributed by atoms with Gasteiger partial charge in [0.15, 0.2) is 11.5 Å². The maximum atomic E-state index is 12.7. The van der Waals surface area contributed by atoms with E-state index in [4.69, 9.17) is 21.1 Å². The second-order valence-electron chi connectivity index (χ2n) is 6.63. The van der Waals surface area contributed by atoms with Crippen molar-refractivity contribution in [3.63, 3.8) is 0 Å². The van der Waals surface area contributed by atoms with E-state index in [0.29, 0.717) is 11.1 Å². The van der Waals surface area contributed by atoms with Gasteiger partial charge in [-0.1, -0.05) is 6.07 Å². The van der Waals surface area contributed by atoms with Gasteiger partial charge in [-0.3, -0.25) is 20.0 Å². The van der Waals surface area contributed by atoms with Gasteiger partial charge in [0, 0.05) is 11.6 Å². The van der Waals surface area contributed by atoms with Crippen LogP contribution in [0, 0.1) is 28.7 Å². The fourth-order valence-electron chi connectivity index (χ4n) is 2.64. The molecule has 0 fully saturated rings. The average Bonchev–Trinajstić information content (AvgIpc) is 2.77. The molecule has 0 saturated heterocycles. The maximum absolute atomic E-state index is 12.7. The van der Waals surface area contributed by atoms with Crippen LogP contribution in [0.4, 0.5) is 5.69 Å². The molecule has 0 atom stereocenters. The predicted molar refractivity (Wildman–Crippen MR) is 120 cm³/mol. The first-order valence-electron chi connectivity index (χ1n) is 9.13. The van der Waals surface area contributed by atoms with Crippen LogP contribution in [0.2, 0.25) is 0 Å². The molecule has 172 valence electrons. The summed E-state index contributed by atoms with van der Waals surface area (Å²) in [4.78, 5) is 22.2. The Hall–Kier alpha value is -3.91. The molecule has 2 aromatic carbocycles. The zero-order valence-electron chi connectivity index (χ0n) is 17.5. The molecule has 12 nitrogen and oxygen atoms in total. The fourth-order valence-corrected chi connectivity index (χ4v) is 3.78. The molecule has 3 aromatic rings. The lowest BCUT2D eigenvalue weighted by atomic mass is 10.2. The Bertz CT molecular complexity index is 1490. The second-order valence-corrected chi connectivity index (χ2v) is 8.56. The van der Waals surface area contributed by atoms with E-state index in [0.717, 1.165) is 10.7 Å². The van der Waals surface area contributed by atoms with Crippen LogP contribution in [0.25, 0.3) is 0 Å². The van der Waals surface area contributed by atoms with Crippen molar-refractivity contribution in [2.45, 2.75) is 18.7 Å². The highest BCUT2D eigenvalue weighted by molar-refractivity contribution is 7.87. The lowest BCUT2D eigenvalue weighted by Crippen LogP contribution is -2.22. The largest absolute Gasteiger partial charge is 0.493 e. The quantitative estimate of drug-likeness (QED) is 0.172. The monoisotopic (exact) mass is 491 g/mol. The Morgan fingerprint density at radius 2 is 1.94 bits per heavy atom. The summed E-state index contributed by atoms with van der Waals surface area (Å²) in [5.41, 5.74) is 0.0730. The molecular formula is C19H17N5O7S2. The van der Waals surface area contributed by atoms with Crippen LogP contribution >= 0.6 is 12.2 Å². The van der Waals surface area contributed by atoms with E-state index in [2.05, 4.69) is 15.3 Å². The van der Waals surface area contributed by atoms with Gasteiger partial charge >= 0.3 is 10.1 Å². The Kier molecular flexibility index (Phi) is 6.69. The van der Waals surface area contributed by atoms with Crippen LogP contribution in [-0.2, 0) is 10.1 Å². The van der Waals surface area contributed by atoms with Gasteiger partial charge in [-0.2, -0.15) is 23.3 Å². The molecule has 1 N–H and O–H groups in total. The topological polar surface area (TPSA) is 159 Å². The zero-order valence-corrected chi connectivity index (χ0v) is 19.1. The van der Waals surface area contributed by atoms with E-state index in [-0.39, 0.29) is 32.5 Å². The number of nitro groups is 1. The summed E-state index contributed by atoms with van der Waals surface area (Å²) in [6, 6.07) is 7.68. The molecule has 0 aliphatic heterocycles. The molecule has 0 saturated carbocycles. The van der Waals surface area contributed by atoms with Gasteiger partial charge in [-0.25, -0.2) is 0 Å². The fraction of sp³-hybridized carbons (Fsp3) is 0.158. The number of rotatable bonds is 7. The van der Waals surface area contributed by atoms with Gasteiger partial charge in [0.05, 0.1) is 18.2 Å². The third-order valence-corrected chi connectivity index (χ3v) is 5.88. The van der Waals surface area contributed by atoms with E-state index < -0.39 is 20.6 Å². The molecular weight excluding hydrogens is 474 g/mol. The van der Waals surface area contributed by atoms with Crippen molar-refractivity contribution in [2.75, 3.05) is 7.11 Å². The number of nitro benzene ring substituents is 1. The smallest absolute Gasteiger partial charge is 0.339 e. The third kappa shape index (κ3) is 5.12. The summed E-state index contributed by atoms with van der Waals surface area (Å²) in [6.45, 7) is 2.99. The zero-order chi connectivity index (χ0) is 24.3. The first-order valence-corrected chi connectivity index (χ1v) is 11.0. The Morgan fingerprint density at radius 3 is 2.61 bits per heavy atom. The van der Waals surface area contributed by atoms with Crippen LogP contribution < -0.4 is 14.5 Å². The van der Waals surface area contributed by atoms with E-state index in [1.54, 1.807) is 0 Å². The summed E-state index contributed by atoms with van der Waals surface area (Å²) < 4.78 is 36.6. The van der Waals surface area contributed by atoms with Gasteiger partial charge in [0.1, 0.15) is 10.6 Å². The van der Waals surface area contributed by atoms with Crippen molar-refractivity contribution in [3.8, 4) is 11.5 Å². The molecule has 14 heteroatoms. The molecule has 1 aromatic heterocycles. The highest BCUT2D eigenvalue weighted by Crippen LogP contribution is 2.31. The number of benzene rings is 2. The highest BCUT2D eigenvalue weighted by atomic mass is 32.2. The lowest BCUT2D eigenvalue weighted by Gasteiger charge is -2.11. The van der Waals surface area contributed by atoms with Crippen LogP contribution in [-0.4, -0.2) is 41.5 Å². The van der Waals surface area contributed by atoms with Crippen molar-refractivity contribution in [1.29, 1.82) is 0 Å². The molecule has 0 bridgehead atoms. The van der Waals surface area contributed by atoms with E-state index in [1.165, 1.54) is 57.5 Å². The number of methoxy groups -OCH3 is 1. The molecule has 0 amide bonds. The summed E-state index contributed by atoms with van der Waals surface area (Å²) in [7, 11) is -3.09. The van der Waals surface area contributed by atoms with Crippen molar-refractivity contribution < 1.29 is 22.3 Å². The molecule has 0 spiro atoms. The molecule has 0 aliphatic rings. The third-order valence-electron chi connectivity index (χ3n) is 4.39. The van der Waals surface area contributed by atoms with Crippen molar-refractivity contribution in [3.05, 3.63) is 78.5 Å². The SMILES string of the molecule is COc1cc(/C=N/n2c(=S)[nH]nc(C)c2=O)ccc1OS(=O)(=O)c1ccc(C)c([N+](=O)[O-])c1. The number of aromatic nitrogens is 3. The first-order chi connectivity index (χ1) is 15.5.